The lowest BCUT2D eigenvalue weighted by Crippen LogP contribution is -2.40. The van der Waals surface area contributed by atoms with Gasteiger partial charge in [0.25, 0.3) is 0 Å². The number of hydrogen-bond donors (Lipinski definition) is 1. The van der Waals surface area contributed by atoms with Crippen LogP contribution in [-0.4, -0.2) is 37.3 Å². The minimum Gasteiger partial charge on any atom is -0.403 e. The maximum absolute atomic E-state index is 10.4. The molecule has 94 valence electrons. The van der Waals surface area contributed by atoms with Crippen LogP contribution in [0.1, 0.15) is 5.76 Å². The van der Waals surface area contributed by atoms with Gasteiger partial charge >= 0.3 is 5.88 Å². The van der Waals surface area contributed by atoms with E-state index >= 15 is 0 Å². The number of rotatable bonds is 5. The van der Waals surface area contributed by atoms with Crippen molar-refractivity contribution in [1.82, 2.24) is 5.32 Å². The Morgan fingerprint density at radius 2 is 2.47 bits per heavy atom. The lowest BCUT2D eigenvalue weighted by molar-refractivity contribution is -0.402. The molecular formula is C10H14N2O5. The van der Waals surface area contributed by atoms with Gasteiger partial charge in [0.2, 0.25) is 0 Å². The first-order valence-corrected chi connectivity index (χ1v) is 5.39. The van der Waals surface area contributed by atoms with E-state index in [0.29, 0.717) is 19.0 Å². The van der Waals surface area contributed by atoms with Crippen molar-refractivity contribution in [2.45, 2.75) is 12.7 Å². The second-order valence-corrected chi connectivity index (χ2v) is 3.71. The molecule has 1 aliphatic rings. The standard InChI is InChI=1S/C10H14N2O5/c13-12(14)10-2-1-8(17-10)6-15-7-9-5-11-3-4-16-9/h1-2,9,11H,3-7H2. The van der Waals surface area contributed by atoms with Crippen LogP contribution in [0, 0.1) is 10.1 Å². The van der Waals surface area contributed by atoms with Crippen LogP contribution in [0.3, 0.4) is 0 Å². The summed E-state index contributed by atoms with van der Waals surface area (Å²) in [7, 11) is 0. The topological polar surface area (TPSA) is 86.8 Å². The van der Waals surface area contributed by atoms with Crippen molar-refractivity contribution in [3.05, 3.63) is 28.0 Å². The van der Waals surface area contributed by atoms with Crippen molar-refractivity contribution in [3.8, 4) is 0 Å². The molecule has 0 aromatic carbocycles. The molecule has 1 saturated heterocycles. The van der Waals surface area contributed by atoms with Gasteiger partial charge in [-0.1, -0.05) is 0 Å². The normalized spacial score (nSPS) is 20.4. The molecule has 1 atom stereocenters. The fraction of sp³-hybridized carbons (Fsp3) is 0.600. The van der Waals surface area contributed by atoms with Crippen LogP contribution in [0.4, 0.5) is 5.88 Å². The van der Waals surface area contributed by atoms with Crippen LogP contribution in [-0.2, 0) is 16.1 Å². The van der Waals surface area contributed by atoms with Gasteiger partial charge in [0.15, 0.2) is 0 Å². The van der Waals surface area contributed by atoms with Crippen LogP contribution >= 0.6 is 0 Å². The fourth-order valence-corrected chi connectivity index (χ4v) is 1.56. The predicted molar refractivity (Wildman–Crippen MR) is 57.6 cm³/mol. The fourth-order valence-electron chi connectivity index (χ4n) is 1.56. The van der Waals surface area contributed by atoms with E-state index in [0.717, 1.165) is 13.1 Å². The van der Waals surface area contributed by atoms with Crippen molar-refractivity contribution in [1.29, 1.82) is 0 Å². The summed E-state index contributed by atoms with van der Waals surface area (Å²) >= 11 is 0. The van der Waals surface area contributed by atoms with E-state index in [1.165, 1.54) is 12.1 Å². The molecule has 1 aliphatic heterocycles. The first-order chi connectivity index (χ1) is 8.25. The molecule has 0 radical (unpaired) electrons. The molecule has 7 heteroatoms. The molecule has 2 rings (SSSR count). The summed E-state index contributed by atoms with van der Waals surface area (Å²) in [6.45, 7) is 2.97. The molecule has 0 aliphatic carbocycles. The highest BCUT2D eigenvalue weighted by atomic mass is 16.6. The molecule has 7 nitrogen and oxygen atoms in total. The summed E-state index contributed by atoms with van der Waals surface area (Å²) < 4.78 is 15.8. The number of hydrogen-bond acceptors (Lipinski definition) is 6. The van der Waals surface area contributed by atoms with E-state index in [-0.39, 0.29) is 18.6 Å². The first-order valence-electron chi connectivity index (χ1n) is 5.39. The molecule has 17 heavy (non-hydrogen) atoms. The van der Waals surface area contributed by atoms with Crippen molar-refractivity contribution in [2.75, 3.05) is 26.3 Å². The Morgan fingerprint density at radius 3 is 3.12 bits per heavy atom. The van der Waals surface area contributed by atoms with Gasteiger partial charge in [-0.3, -0.25) is 10.1 Å². The van der Waals surface area contributed by atoms with E-state index in [9.17, 15) is 10.1 Å². The van der Waals surface area contributed by atoms with Gasteiger partial charge in [-0.05, 0) is 6.07 Å². The molecule has 2 heterocycles. The van der Waals surface area contributed by atoms with Gasteiger partial charge in [0.1, 0.15) is 17.3 Å². The monoisotopic (exact) mass is 242 g/mol. The van der Waals surface area contributed by atoms with Gasteiger partial charge in [-0.25, -0.2) is 0 Å². The minimum atomic E-state index is -0.572. The van der Waals surface area contributed by atoms with Crippen LogP contribution < -0.4 is 5.32 Å². The summed E-state index contributed by atoms with van der Waals surface area (Å²) in [4.78, 5) is 9.81. The van der Waals surface area contributed by atoms with E-state index in [2.05, 4.69) is 5.32 Å². The summed E-state index contributed by atoms with van der Waals surface area (Å²) in [6.07, 6.45) is 0.0358. The smallest absolute Gasteiger partial charge is 0.403 e. The van der Waals surface area contributed by atoms with Crippen LogP contribution in [0.5, 0.6) is 0 Å². The number of nitro groups is 1. The maximum Gasteiger partial charge on any atom is 0.433 e. The zero-order valence-corrected chi connectivity index (χ0v) is 9.26. The van der Waals surface area contributed by atoms with Gasteiger partial charge in [0.05, 0.1) is 25.4 Å². The molecule has 0 amide bonds. The van der Waals surface area contributed by atoms with Crippen LogP contribution in [0.25, 0.3) is 0 Å². The lowest BCUT2D eigenvalue weighted by Gasteiger charge is -2.23. The summed E-state index contributed by atoms with van der Waals surface area (Å²) in [5.41, 5.74) is 0. The largest absolute Gasteiger partial charge is 0.433 e. The van der Waals surface area contributed by atoms with E-state index in [1.807, 2.05) is 0 Å². The summed E-state index contributed by atoms with van der Waals surface area (Å²) in [6, 6.07) is 2.86. The molecule has 0 saturated carbocycles. The highest BCUT2D eigenvalue weighted by Gasteiger charge is 2.15. The van der Waals surface area contributed by atoms with Gasteiger partial charge in [-0.2, -0.15) is 0 Å². The number of morpholine rings is 1. The van der Waals surface area contributed by atoms with Crippen molar-refractivity contribution < 1.29 is 18.8 Å². The lowest BCUT2D eigenvalue weighted by atomic mass is 10.3. The highest BCUT2D eigenvalue weighted by Crippen LogP contribution is 2.16. The molecule has 0 spiro atoms. The Bertz CT molecular complexity index is 373. The molecule has 1 unspecified atom stereocenters. The summed E-state index contributed by atoms with van der Waals surface area (Å²) in [5.74, 6) is 0.180. The number of nitrogens with zero attached hydrogens (tertiary/aromatic N) is 1. The Balaban J connectivity index is 1.71. The van der Waals surface area contributed by atoms with E-state index in [4.69, 9.17) is 13.9 Å². The molecule has 0 bridgehead atoms. The second-order valence-electron chi connectivity index (χ2n) is 3.71. The Morgan fingerprint density at radius 1 is 1.59 bits per heavy atom. The third-order valence-corrected chi connectivity index (χ3v) is 2.38. The van der Waals surface area contributed by atoms with Crippen molar-refractivity contribution in [3.63, 3.8) is 0 Å². The Hall–Kier alpha value is -1.44. The maximum atomic E-state index is 10.4. The minimum absolute atomic E-state index is 0.0358. The number of furan rings is 1. The number of ether oxygens (including phenoxy) is 2. The second kappa shape index (κ2) is 5.76. The molecule has 1 fully saturated rings. The Labute approximate surface area is 97.8 Å². The van der Waals surface area contributed by atoms with Gasteiger partial charge < -0.3 is 19.2 Å². The average Bonchev–Trinajstić information content (AvgIpc) is 2.79. The Kier molecular flexibility index (Phi) is 4.08. The van der Waals surface area contributed by atoms with Crippen molar-refractivity contribution >= 4 is 5.88 Å². The SMILES string of the molecule is O=[N+]([O-])c1ccc(COCC2CNCCO2)o1. The third kappa shape index (κ3) is 3.52. The highest BCUT2D eigenvalue weighted by molar-refractivity contribution is 5.17. The summed E-state index contributed by atoms with van der Waals surface area (Å²) in [5, 5.41) is 13.6. The molecule has 1 aromatic heterocycles. The van der Waals surface area contributed by atoms with Gasteiger partial charge in [-0.15, -0.1) is 0 Å². The quantitative estimate of drug-likeness (QED) is 0.604. The average molecular weight is 242 g/mol. The van der Waals surface area contributed by atoms with Crippen molar-refractivity contribution in [2.24, 2.45) is 0 Å². The van der Waals surface area contributed by atoms with Gasteiger partial charge in [0, 0.05) is 13.1 Å². The predicted octanol–water partition coefficient (Wildman–Crippen LogP) is 0.693. The third-order valence-electron chi connectivity index (χ3n) is 2.38. The number of nitrogens with one attached hydrogen (secondary N) is 1. The molecular weight excluding hydrogens is 228 g/mol. The molecule has 1 aromatic rings. The van der Waals surface area contributed by atoms with E-state index < -0.39 is 4.92 Å². The van der Waals surface area contributed by atoms with Crippen LogP contribution in [0.15, 0.2) is 16.5 Å². The molecule has 1 N–H and O–H groups in total. The zero-order valence-electron chi connectivity index (χ0n) is 9.26. The first kappa shape index (κ1) is 12.0. The van der Waals surface area contributed by atoms with Crippen LogP contribution in [0.2, 0.25) is 0 Å². The van der Waals surface area contributed by atoms with E-state index in [1.54, 1.807) is 0 Å². The zero-order chi connectivity index (χ0) is 12.1.